The second-order valence-electron chi connectivity index (χ2n) is 6.14. The van der Waals surface area contributed by atoms with Crippen molar-refractivity contribution in [1.82, 2.24) is 0 Å². The highest BCUT2D eigenvalue weighted by Crippen LogP contribution is 2.39. The molecule has 0 aliphatic rings. The second-order valence-corrected chi connectivity index (χ2v) is 14.9. The maximum Gasteiger partial charge on any atom is 0.153 e. The van der Waals surface area contributed by atoms with E-state index < -0.39 is 19.0 Å². The lowest BCUT2D eigenvalue weighted by Crippen LogP contribution is -2.43. The molecule has 0 saturated carbocycles. The molecular weight excluding hydrogens is 409 g/mol. The van der Waals surface area contributed by atoms with Crippen LogP contribution in [-0.4, -0.2) is 69.8 Å². The van der Waals surface area contributed by atoms with Crippen molar-refractivity contribution in [2.45, 2.75) is 62.4 Å². The van der Waals surface area contributed by atoms with E-state index in [1.54, 1.807) is 38.3 Å². The van der Waals surface area contributed by atoms with Crippen LogP contribution in [0.2, 0.25) is 12.1 Å². The quantitative estimate of drug-likeness (QED) is 0.138. The lowest BCUT2D eigenvalue weighted by Gasteiger charge is -2.31. The first-order valence-corrected chi connectivity index (χ1v) is 16.4. The largest absolute Gasteiger partial charge is 0.357 e. The first-order chi connectivity index (χ1) is 12.1. The van der Waals surface area contributed by atoms with Gasteiger partial charge in [0, 0.05) is 28.4 Å². The summed E-state index contributed by atoms with van der Waals surface area (Å²) in [5.41, 5.74) is -0.661. The first-order valence-electron chi connectivity index (χ1n) is 9.19. The Morgan fingerprint density at radius 3 is 1.32 bits per heavy atom. The highest BCUT2D eigenvalue weighted by atomic mass is 33.5. The topological polar surface area (TPSA) is 36.9 Å². The minimum atomic E-state index is -0.407. The van der Waals surface area contributed by atoms with Gasteiger partial charge < -0.3 is 18.9 Å². The maximum absolute atomic E-state index is 5.74. The summed E-state index contributed by atoms with van der Waals surface area (Å²) in [4.78, 5) is 0. The predicted molar refractivity (Wildman–Crippen MR) is 123 cm³/mol. The van der Waals surface area contributed by atoms with Crippen LogP contribution >= 0.6 is 31.4 Å². The Kier molecular flexibility index (Phi) is 17.2. The molecule has 9 heteroatoms. The van der Waals surface area contributed by atoms with Crippen molar-refractivity contribution >= 4 is 50.5 Å². The standard InChI is InChI=1S/C16H38O4S3Si2/c1-7-9-11-24-15(17-3,18-4)13-21-23-22-14-16(19-5,20-6)25-12-10-8-2/h7-14,24-25H2,1-6H3. The Labute approximate surface area is 171 Å². The predicted octanol–water partition coefficient (Wildman–Crippen LogP) is 3.68. The average Bonchev–Trinajstić information content (AvgIpc) is 2.65. The Morgan fingerprint density at radius 2 is 1.04 bits per heavy atom. The average molecular weight is 447 g/mol. The van der Waals surface area contributed by atoms with Crippen LogP contribution in [0.3, 0.4) is 0 Å². The van der Waals surface area contributed by atoms with E-state index in [2.05, 4.69) is 13.8 Å². The zero-order valence-corrected chi connectivity index (χ0v) is 22.2. The Bertz CT molecular complexity index is 279. The summed E-state index contributed by atoms with van der Waals surface area (Å²) in [7, 11) is 11.8. The Hall–Kier alpha value is 1.32. The van der Waals surface area contributed by atoms with Crippen LogP contribution in [0, 0.1) is 0 Å². The smallest absolute Gasteiger partial charge is 0.153 e. The third-order valence-electron chi connectivity index (χ3n) is 4.46. The third-order valence-corrected chi connectivity index (χ3v) is 14.4. The van der Waals surface area contributed by atoms with E-state index in [1.165, 1.54) is 37.8 Å². The van der Waals surface area contributed by atoms with E-state index in [0.29, 0.717) is 0 Å². The van der Waals surface area contributed by atoms with Crippen LogP contribution < -0.4 is 0 Å². The van der Waals surface area contributed by atoms with E-state index in [0.717, 1.165) is 11.5 Å². The molecule has 0 aromatic rings. The van der Waals surface area contributed by atoms with E-state index in [9.17, 15) is 0 Å². The fourth-order valence-electron chi connectivity index (χ4n) is 2.51. The van der Waals surface area contributed by atoms with Crippen molar-refractivity contribution in [2.75, 3.05) is 39.9 Å². The minimum absolute atomic E-state index is 0.330. The minimum Gasteiger partial charge on any atom is -0.357 e. The molecule has 4 nitrogen and oxygen atoms in total. The van der Waals surface area contributed by atoms with Gasteiger partial charge in [-0.3, -0.25) is 0 Å². The van der Waals surface area contributed by atoms with Crippen molar-refractivity contribution in [3.05, 3.63) is 0 Å². The molecule has 0 atom stereocenters. The SMILES string of the molecule is CCCC[SiH2]C(CSSSCC(OC)(OC)[SiH2]CCCC)(OC)OC. The molecule has 0 unspecified atom stereocenters. The number of unbranched alkanes of at least 4 members (excludes halogenated alkanes) is 2. The summed E-state index contributed by atoms with van der Waals surface area (Å²) in [6.45, 7) is 4.47. The Balaban J connectivity index is 4.24. The van der Waals surface area contributed by atoms with Gasteiger partial charge in [-0.05, 0) is 9.83 Å². The van der Waals surface area contributed by atoms with E-state index >= 15 is 0 Å². The fraction of sp³-hybridized carbons (Fsp3) is 1.00. The van der Waals surface area contributed by atoms with Gasteiger partial charge in [-0.1, -0.05) is 73.2 Å². The maximum atomic E-state index is 5.74. The van der Waals surface area contributed by atoms with Gasteiger partial charge in [-0.15, -0.1) is 0 Å². The van der Waals surface area contributed by atoms with Crippen LogP contribution in [0.15, 0.2) is 0 Å². The van der Waals surface area contributed by atoms with Gasteiger partial charge in [-0.25, -0.2) is 0 Å². The molecule has 0 aromatic heterocycles. The Morgan fingerprint density at radius 1 is 0.680 bits per heavy atom. The molecule has 0 aromatic carbocycles. The second kappa shape index (κ2) is 16.3. The van der Waals surface area contributed by atoms with Crippen LogP contribution in [0.25, 0.3) is 0 Å². The van der Waals surface area contributed by atoms with Gasteiger partial charge in [-0.2, -0.15) is 0 Å². The van der Waals surface area contributed by atoms with Crippen molar-refractivity contribution < 1.29 is 18.9 Å². The van der Waals surface area contributed by atoms with Crippen molar-refractivity contribution in [1.29, 1.82) is 0 Å². The van der Waals surface area contributed by atoms with Gasteiger partial charge in [0.1, 0.15) is 0 Å². The number of hydrogen-bond acceptors (Lipinski definition) is 7. The zero-order valence-electron chi connectivity index (χ0n) is 16.9. The number of ether oxygens (including phenoxy) is 4. The zero-order chi connectivity index (χ0) is 19.0. The molecule has 0 aliphatic heterocycles. The monoisotopic (exact) mass is 446 g/mol. The van der Waals surface area contributed by atoms with Gasteiger partial charge >= 0.3 is 0 Å². The molecule has 0 bridgehead atoms. The molecular formula is C16H38O4S3Si2. The first kappa shape index (κ1) is 26.3. The lowest BCUT2D eigenvalue weighted by molar-refractivity contribution is -0.127. The van der Waals surface area contributed by atoms with E-state index in [4.69, 9.17) is 18.9 Å². The number of methoxy groups -OCH3 is 4. The number of rotatable bonds is 18. The van der Waals surface area contributed by atoms with E-state index in [-0.39, 0.29) is 10.8 Å². The lowest BCUT2D eigenvalue weighted by atomic mass is 10.4. The molecule has 0 fully saturated rings. The van der Waals surface area contributed by atoms with Crippen molar-refractivity contribution in [2.24, 2.45) is 0 Å². The van der Waals surface area contributed by atoms with Crippen LogP contribution in [0.1, 0.15) is 39.5 Å². The van der Waals surface area contributed by atoms with E-state index in [1.807, 2.05) is 21.6 Å². The normalized spacial score (nSPS) is 13.7. The van der Waals surface area contributed by atoms with Crippen molar-refractivity contribution in [3.8, 4) is 0 Å². The molecule has 25 heavy (non-hydrogen) atoms. The molecule has 0 amide bonds. The fourth-order valence-corrected chi connectivity index (χ4v) is 12.6. The number of hydrogen-bond donors (Lipinski definition) is 0. The summed E-state index contributed by atoms with van der Waals surface area (Å²) in [6.07, 6.45) is 5.04. The highest BCUT2D eigenvalue weighted by molar-refractivity contribution is 9.09. The molecule has 0 heterocycles. The highest BCUT2D eigenvalue weighted by Gasteiger charge is 2.31. The molecule has 0 spiro atoms. The van der Waals surface area contributed by atoms with Gasteiger partial charge in [0.15, 0.2) is 10.8 Å². The summed E-state index contributed by atoms with van der Waals surface area (Å²) in [5.74, 6) is 1.77. The summed E-state index contributed by atoms with van der Waals surface area (Å²) < 4.78 is 23.0. The van der Waals surface area contributed by atoms with Gasteiger partial charge in [0.05, 0.1) is 30.5 Å². The van der Waals surface area contributed by atoms with Crippen LogP contribution in [0.5, 0.6) is 0 Å². The molecule has 0 N–H and O–H groups in total. The molecule has 152 valence electrons. The molecule has 0 saturated heterocycles. The molecule has 0 aliphatic carbocycles. The van der Waals surface area contributed by atoms with Gasteiger partial charge in [0.2, 0.25) is 0 Å². The summed E-state index contributed by atoms with van der Waals surface area (Å²) in [5, 5.41) is 0. The molecule has 0 radical (unpaired) electrons. The van der Waals surface area contributed by atoms with Crippen LogP contribution in [0.4, 0.5) is 0 Å². The summed E-state index contributed by atoms with van der Waals surface area (Å²) in [6, 6.07) is 2.55. The third kappa shape index (κ3) is 11.0. The molecule has 0 rings (SSSR count). The van der Waals surface area contributed by atoms with Crippen LogP contribution in [-0.2, 0) is 18.9 Å². The van der Waals surface area contributed by atoms with Gasteiger partial charge in [0.25, 0.3) is 0 Å². The van der Waals surface area contributed by atoms with Crippen molar-refractivity contribution in [3.63, 3.8) is 0 Å². The summed E-state index contributed by atoms with van der Waals surface area (Å²) >= 11 is 0.